The van der Waals surface area contributed by atoms with Crippen molar-refractivity contribution in [2.24, 2.45) is 0 Å². The van der Waals surface area contributed by atoms with E-state index < -0.39 is 11.7 Å². The molecule has 1 amide bonds. The van der Waals surface area contributed by atoms with Crippen molar-refractivity contribution >= 4 is 11.8 Å². The fourth-order valence-electron chi connectivity index (χ4n) is 2.49. The first kappa shape index (κ1) is 15.6. The van der Waals surface area contributed by atoms with Crippen LogP contribution in [0.2, 0.25) is 0 Å². The molecule has 1 aromatic carbocycles. The maximum Gasteiger partial charge on any atom is 0.412 e. The van der Waals surface area contributed by atoms with E-state index in [2.05, 4.69) is 20.6 Å². The molecule has 0 fully saturated rings. The number of anilines is 1. The van der Waals surface area contributed by atoms with E-state index in [9.17, 15) is 4.79 Å². The number of imidazole rings is 1. The van der Waals surface area contributed by atoms with Crippen LogP contribution in [-0.4, -0.2) is 28.2 Å². The molecule has 2 aromatic rings. The molecule has 3 rings (SSSR count). The van der Waals surface area contributed by atoms with Crippen molar-refractivity contribution in [1.82, 2.24) is 15.3 Å². The molecule has 23 heavy (non-hydrogen) atoms. The Kier molecular flexibility index (Phi) is 4.09. The highest BCUT2D eigenvalue weighted by atomic mass is 16.6. The maximum atomic E-state index is 11.8. The van der Waals surface area contributed by atoms with Gasteiger partial charge in [-0.3, -0.25) is 5.32 Å². The summed E-state index contributed by atoms with van der Waals surface area (Å²) in [6.07, 6.45) is 0.495. The lowest BCUT2D eigenvalue weighted by molar-refractivity contribution is 0.0636. The van der Waals surface area contributed by atoms with Crippen LogP contribution in [0.1, 0.15) is 32.2 Å². The Balaban J connectivity index is 1.69. The van der Waals surface area contributed by atoms with Crippen LogP contribution in [0.25, 0.3) is 11.4 Å². The Labute approximate surface area is 135 Å². The number of H-pyrrole nitrogens is 1. The van der Waals surface area contributed by atoms with Gasteiger partial charge in [0.15, 0.2) is 0 Å². The van der Waals surface area contributed by atoms with Crippen LogP contribution in [0, 0.1) is 0 Å². The van der Waals surface area contributed by atoms with Crippen molar-refractivity contribution in [3.05, 3.63) is 35.7 Å². The second-order valence-corrected chi connectivity index (χ2v) is 6.64. The van der Waals surface area contributed by atoms with Crippen LogP contribution >= 0.6 is 0 Å². The molecular weight excluding hydrogens is 292 g/mol. The molecule has 3 N–H and O–H groups in total. The van der Waals surface area contributed by atoms with Crippen LogP contribution < -0.4 is 10.6 Å². The second kappa shape index (κ2) is 6.04. The molecule has 6 nitrogen and oxygen atoms in total. The van der Waals surface area contributed by atoms with E-state index in [4.69, 9.17) is 4.74 Å². The predicted molar refractivity (Wildman–Crippen MR) is 89.3 cm³/mol. The van der Waals surface area contributed by atoms with Gasteiger partial charge in [-0.05, 0) is 45.0 Å². The Hall–Kier alpha value is -2.34. The lowest BCUT2D eigenvalue weighted by Gasteiger charge is -2.19. The minimum atomic E-state index is -0.509. The number of hydrogen-bond donors (Lipinski definition) is 3. The number of rotatable bonds is 2. The molecule has 2 heterocycles. The SMILES string of the molecule is CC(C)(C)OC(=O)Nc1ccc(-c2nc3c([nH]2)CNCC3)cc1. The van der Waals surface area contributed by atoms with E-state index >= 15 is 0 Å². The van der Waals surface area contributed by atoms with Gasteiger partial charge in [0.25, 0.3) is 0 Å². The van der Waals surface area contributed by atoms with Crippen LogP contribution in [0.15, 0.2) is 24.3 Å². The first-order chi connectivity index (χ1) is 10.9. The van der Waals surface area contributed by atoms with E-state index in [-0.39, 0.29) is 0 Å². The molecule has 0 atom stereocenters. The normalized spacial score (nSPS) is 14.2. The first-order valence-electron chi connectivity index (χ1n) is 7.80. The topological polar surface area (TPSA) is 79.0 Å². The summed E-state index contributed by atoms with van der Waals surface area (Å²) in [5, 5.41) is 6.05. The summed E-state index contributed by atoms with van der Waals surface area (Å²) < 4.78 is 5.24. The number of aromatic amines is 1. The summed E-state index contributed by atoms with van der Waals surface area (Å²) in [5.41, 5.74) is 3.47. The minimum Gasteiger partial charge on any atom is -0.444 e. The number of nitrogens with zero attached hydrogens (tertiary/aromatic N) is 1. The van der Waals surface area contributed by atoms with Gasteiger partial charge in [0.05, 0.1) is 11.4 Å². The molecule has 122 valence electrons. The van der Waals surface area contributed by atoms with Gasteiger partial charge >= 0.3 is 6.09 Å². The summed E-state index contributed by atoms with van der Waals surface area (Å²) in [7, 11) is 0. The molecule has 0 radical (unpaired) electrons. The summed E-state index contributed by atoms with van der Waals surface area (Å²) in [6.45, 7) is 7.31. The molecule has 0 spiro atoms. The van der Waals surface area contributed by atoms with Gasteiger partial charge in [-0.15, -0.1) is 0 Å². The highest BCUT2D eigenvalue weighted by Crippen LogP contribution is 2.22. The van der Waals surface area contributed by atoms with E-state index in [1.165, 1.54) is 0 Å². The molecule has 0 unspecified atom stereocenters. The highest BCUT2D eigenvalue weighted by Gasteiger charge is 2.17. The molecule has 6 heteroatoms. The third-order valence-electron chi connectivity index (χ3n) is 3.51. The summed E-state index contributed by atoms with van der Waals surface area (Å²) in [6, 6.07) is 7.56. The lowest BCUT2D eigenvalue weighted by atomic mass is 10.2. The van der Waals surface area contributed by atoms with Crippen molar-refractivity contribution in [2.45, 2.75) is 39.3 Å². The Bertz CT molecular complexity index is 675. The fourth-order valence-corrected chi connectivity index (χ4v) is 2.49. The first-order valence-corrected chi connectivity index (χ1v) is 7.80. The number of amides is 1. The quantitative estimate of drug-likeness (QED) is 0.796. The molecule has 0 saturated carbocycles. The summed E-state index contributed by atoms with van der Waals surface area (Å²) >= 11 is 0. The third-order valence-corrected chi connectivity index (χ3v) is 3.51. The zero-order valence-corrected chi connectivity index (χ0v) is 13.7. The Morgan fingerprint density at radius 3 is 2.65 bits per heavy atom. The third kappa shape index (κ3) is 3.90. The maximum absolute atomic E-state index is 11.8. The molecular formula is C17H22N4O2. The number of benzene rings is 1. The monoisotopic (exact) mass is 314 g/mol. The molecule has 0 bridgehead atoms. The number of carbonyl (C=O) groups is 1. The number of carbonyl (C=O) groups excluding carboxylic acids is 1. The van der Waals surface area contributed by atoms with Crippen molar-refractivity contribution in [3.63, 3.8) is 0 Å². The molecule has 1 aromatic heterocycles. The largest absolute Gasteiger partial charge is 0.444 e. The highest BCUT2D eigenvalue weighted by molar-refractivity contribution is 5.85. The zero-order chi connectivity index (χ0) is 16.4. The van der Waals surface area contributed by atoms with Crippen molar-refractivity contribution in [3.8, 4) is 11.4 Å². The average molecular weight is 314 g/mol. The molecule has 0 aliphatic carbocycles. The number of aromatic nitrogens is 2. The second-order valence-electron chi connectivity index (χ2n) is 6.64. The van der Waals surface area contributed by atoms with Crippen LogP contribution in [0.5, 0.6) is 0 Å². The van der Waals surface area contributed by atoms with E-state index in [1.54, 1.807) is 0 Å². The number of fused-ring (bicyclic) bond motifs is 1. The van der Waals surface area contributed by atoms with Gasteiger partial charge in [-0.1, -0.05) is 0 Å². The zero-order valence-electron chi connectivity index (χ0n) is 13.7. The minimum absolute atomic E-state index is 0.454. The van der Waals surface area contributed by atoms with E-state index in [0.717, 1.165) is 42.3 Å². The predicted octanol–water partition coefficient (Wildman–Crippen LogP) is 3.07. The van der Waals surface area contributed by atoms with Gasteiger partial charge in [-0.25, -0.2) is 9.78 Å². The van der Waals surface area contributed by atoms with Gasteiger partial charge in [-0.2, -0.15) is 0 Å². The molecule has 1 aliphatic rings. The number of nitrogens with one attached hydrogen (secondary N) is 3. The van der Waals surface area contributed by atoms with Gasteiger partial charge in [0.1, 0.15) is 11.4 Å². The number of hydrogen-bond acceptors (Lipinski definition) is 4. The number of ether oxygens (including phenoxy) is 1. The van der Waals surface area contributed by atoms with Gasteiger partial charge in [0, 0.05) is 30.8 Å². The smallest absolute Gasteiger partial charge is 0.412 e. The van der Waals surface area contributed by atoms with Crippen LogP contribution in [0.3, 0.4) is 0 Å². The Morgan fingerprint density at radius 2 is 2.00 bits per heavy atom. The molecule has 1 aliphatic heterocycles. The van der Waals surface area contributed by atoms with Crippen molar-refractivity contribution in [2.75, 3.05) is 11.9 Å². The van der Waals surface area contributed by atoms with E-state index in [1.807, 2.05) is 45.0 Å². The summed E-state index contributed by atoms with van der Waals surface area (Å²) in [4.78, 5) is 19.8. The van der Waals surface area contributed by atoms with E-state index in [0.29, 0.717) is 5.69 Å². The standard InChI is InChI=1S/C17H22N4O2/c1-17(2,3)23-16(22)19-12-6-4-11(5-7-12)15-20-13-8-9-18-10-14(13)21-15/h4-7,18H,8-10H2,1-3H3,(H,19,22)(H,20,21). The molecule has 0 saturated heterocycles. The Morgan fingerprint density at radius 1 is 1.26 bits per heavy atom. The fraction of sp³-hybridized carbons (Fsp3) is 0.412. The van der Waals surface area contributed by atoms with Crippen LogP contribution in [-0.2, 0) is 17.7 Å². The van der Waals surface area contributed by atoms with Crippen molar-refractivity contribution in [1.29, 1.82) is 0 Å². The van der Waals surface area contributed by atoms with Crippen molar-refractivity contribution < 1.29 is 9.53 Å². The average Bonchev–Trinajstić information content (AvgIpc) is 2.89. The van der Waals surface area contributed by atoms with Gasteiger partial charge in [0.2, 0.25) is 0 Å². The summed E-state index contributed by atoms with van der Waals surface area (Å²) in [5.74, 6) is 0.863. The van der Waals surface area contributed by atoms with Crippen LogP contribution in [0.4, 0.5) is 10.5 Å². The van der Waals surface area contributed by atoms with Gasteiger partial charge < -0.3 is 15.0 Å². The lowest BCUT2D eigenvalue weighted by Crippen LogP contribution is -2.27.